The summed E-state index contributed by atoms with van der Waals surface area (Å²) in [7, 11) is 1.69. The second-order valence-corrected chi connectivity index (χ2v) is 3.33. The summed E-state index contributed by atoms with van der Waals surface area (Å²) < 4.78 is 5.99. The van der Waals surface area contributed by atoms with E-state index in [4.69, 9.17) is 4.74 Å². The summed E-state index contributed by atoms with van der Waals surface area (Å²) in [6.07, 6.45) is 4.02. The Kier molecular flexibility index (Phi) is 4.05. The third kappa shape index (κ3) is 3.20. The minimum Gasteiger partial charge on any atom is -0.381 e. The van der Waals surface area contributed by atoms with Crippen LogP contribution in [-0.4, -0.2) is 13.7 Å². The van der Waals surface area contributed by atoms with Crippen molar-refractivity contribution in [2.75, 3.05) is 13.7 Å². The highest BCUT2D eigenvalue weighted by Gasteiger charge is 1.86. The second kappa shape index (κ2) is 5.12. The van der Waals surface area contributed by atoms with Gasteiger partial charge in [-0.25, -0.2) is 0 Å². The number of rotatable bonds is 3. The van der Waals surface area contributed by atoms with Gasteiger partial charge in [-0.15, -0.1) is 0 Å². The van der Waals surface area contributed by atoms with Gasteiger partial charge < -0.3 is 4.74 Å². The van der Waals surface area contributed by atoms with E-state index in [1.54, 1.807) is 7.11 Å². The Morgan fingerprint density at radius 3 is 3.00 bits per heavy atom. The molecule has 1 rings (SSSR count). The molecule has 0 aliphatic carbocycles. The lowest BCUT2D eigenvalue weighted by atomic mass is 10.2. The van der Waals surface area contributed by atoms with Gasteiger partial charge in [0, 0.05) is 11.6 Å². The molecule has 0 spiro atoms. The molecule has 0 bridgehead atoms. The normalized spacial score (nSPS) is 10.8. The van der Waals surface area contributed by atoms with Crippen molar-refractivity contribution in [2.24, 2.45) is 0 Å². The van der Waals surface area contributed by atoms with Gasteiger partial charge in [0.05, 0.1) is 6.61 Å². The van der Waals surface area contributed by atoms with Crippen molar-refractivity contribution in [1.29, 1.82) is 0 Å². The van der Waals surface area contributed by atoms with E-state index in [0.29, 0.717) is 6.61 Å². The van der Waals surface area contributed by atoms with Gasteiger partial charge in [0.15, 0.2) is 0 Å². The van der Waals surface area contributed by atoms with Gasteiger partial charge in [0.1, 0.15) is 0 Å². The number of hydrogen-bond donors (Lipinski definition) is 0. The van der Waals surface area contributed by atoms with Crippen LogP contribution < -0.4 is 0 Å². The summed E-state index contributed by atoms with van der Waals surface area (Å²) in [4.78, 5) is 0. The SMILES string of the molecule is COC/C=C/c1cccc(Br)c1. The molecule has 0 atom stereocenters. The summed E-state index contributed by atoms with van der Waals surface area (Å²) in [5, 5.41) is 0. The Bertz CT molecular complexity index is 268. The molecule has 0 saturated carbocycles. The predicted molar refractivity (Wildman–Crippen MR) is 55.1 cm³/mol. The lowest BCUT2D eigenvalue weighted by molar-refractivity contribution is 0.234. The summed E-state index contributed by atoms with van der Waals surface area (Å²) in [6.45, 7) is 0.659. The molecule has 1 aromatic carbocycles. The van der Waals surface area contributed by atoms with Gasteiger partial charge in [-0.05, 0) is 17.7 Å². The van der Waals surface area contributed by atoms with Crippen molar-refractivity contribution in [3.63, 3.8) is 0 Å². The second-order valence-electron chi connectivity index (χ2n) is 2.41. The zero-order chi connectivity index (χ0) is 8.81. The summed E-state index contributed by atoms with van der Waals surface area (Å²) in [5.41, 5.74) is 1.18. The highest BCUT2D eigenvalue weighted by atomic mass is 79.9. The molecule has 0 fully saturated rings. The Morgan fingerprint density at radius 1 is 1.50 bits per heavy atom. The fourth-order valence-corrected chi connectivity index (χ4v) is 1.31. The molecule has 0 aromatic heterocycles. The number of halogens is 1. The van der Waals surface area contributed by atoms with E-state index in [9.17, 15) is 0 Å². The number of hydrogen-bond acceptors (Lipinski definition) is 1. The molecule has 12 heavy (non-hydrogen) atoms. The maximum Gasteiger partial charge on any atom is 0.0646 e. The Labute approximate surface area is 81.2 Å². The van der Waals surface area contributed by atoms with Gasteiger partial charge in [-0.3, -0.25) is 0 Å². The molecule has 0 amide bonds. The van der Waals surface area contributed by atoms with Crippen molar-refractivity contribution < 1.29 is 4.74 Å². The van der Waals surface area contributed by atoms with E-state index in [0.717, 1.165) is 4.47 Å². The molecular weight excluding hydrogens is 216 g/mol. The molecule has 1 nitrogen and oxygen atoms in total. The predicted octanol–water partition coefficient (Wildman–Crippen LogP) is 3.11. The number of methoxy groups -OCH3 is 1. The van der Waals surface area contributed by atoms with E-state index >= 15 is 0 Å². The first-order chi connectivity index (χ1) is 5.83. The molecule has 0 N–H and O–H groups in total. The maximum absolute atomic E-state index is 4.90. The zero-order valence-corrected chi connectivity index (χ0v) is 8.54. The Hall–Kier alpha value is -0.600. The molecule has 64 valence electrons. The Morgan fingerprint density at radius 2 is 2.33 bits per heavy atom. The van der Waals surface area contributed by atoms with Crippen LogP contribution in [0.5, 0.6) is 0 Å². The van der Waals surface area contributed by atoms with Gasteiger partial charge in [0.2, 0.25) is 0 Å². The largest absolute Gasteiger partial charge is 0.381 e. The van der Waals surface area contributed by atoms with Crippen molar-refractivity contribution in [1.82, 2.24) is 0 Å². The first-order valence-electron chi connectivity index (χ1n) is 3.74. The van der Waals surface area contributed by atoms with Crippen LogP contribution in [0.1, 0.15) is 5.56 Å². The highest BCUT2D eigenvalue weighted by molar-refractivity contribution is 9.10. The van der Waals surface area contributed by atoms with E-state index in [1.165, 1.54) is 5.56 Å². The standard InChI is InChI=1S/C10H11BrO/c1-12-7-3-5-9-4-2-6-10(11)8-9/h2-6,8H,7H2,1H3/b5-3+. The lowest BCUT2D eigenvalue weighted by Crippen LogP contribution is -1.80. The topological polar surface area (TPSA) is 9.23 Å². The molecule has 1 aromatic rings. The molecule has 0 saturated heterocycles. The van der Waals surface area contributed by atoms with Crippen LogP contribution in [0.4, 0.5) is 0 Å². The van der Waals surface area contributed by atoms with Crippen LogP contribution in [-0.2, 0) is 4.74 Å². The van der Waals surface area contributed by atoms with Crippen LogP contribution in [0.15, 0.2) is 34.8 Å². The Balaban J connectivity index is 2.63. The first kappa shape index (κ1) is 9.49. The molecule has 0 heterocycles. The summed E-state index contributed by atoms with van der Waals surface area (Å²) in [6, 6.07) is 8.13. The van der Waals surface area contributed by atoms with Crippen LogP contribution in [0.3, 0.4) is 0 Å². The lowest BCUT2D eigenvalue weighted by Gasteiger charge is -1.93. The van der Waals surface area contributed by atoms with Gasteiger partial charge >= 0.3 is 0 Å². The smallest absolute Gasteiger partial charge is 0.0646 e. The first-order valence-corrected chi connectivity index (χ1v) is 4.53. The van der Waals surface area contributed by atoms with Crippen molar-refractivity contribution in [3.05, 3.63) is 40.4 Å². The van der Waals surface area contributed by atoms with Gasteiger partial charge in [-0.2, -0.15) is 0 Å². The van der Waals surface area contributed by atoms with Crippen molar-refractivity contribution >= 4 is 22.0 Å². The maximum atomic E-state index is 4.90. The van der Waals surface area contributed by atoms with Crippen molar-refractivity contribution in [3.8, 4) is 0 Å². The summed E-state index contributed by atoms with van der Waals surface area (Å²) in [5.74, 6) is 0. The minimum absolute atomic E-state index is 0.659. The van der Waals surface area contributed by atoms with Crippen LogP contribution in [0.25, 0.3) is 6.08 Å². The monoisotopic (exact) mass is 226 g/mol. The van der Waals surface area contributed by atoms with Crippen molar-refractivity contribution in [2.45, 2.75) is 0 Å². The average molecular weight is 227 g/mol. The molecule has 0 aliphatic rings. The fourth-order valence-electron chi connectivity index (χ4n) is 0.891. The van der Waals surface area contributed by atoms with Gasteiger partial charge in [0.25, 0.3) is 0 Å². The van der Waals surface area contributed by atoms with E-state index in [2.05, 4.69) is 28.1 Å². The number of ether oxygens (including phenoxy) is 1. The minimum atomic E-state index is 0.659. The van der Waals surface area contributed by atoms with Crippen LogP contribution >= 0.6 is 15.9 Å². The molecular formula is C10H11BrO. The number of benzene rings is 1. The van der Waals surface area contributed by atoms with Crippen LogP contribution in [0, 0.1) is 0 Å². The quantitative estimate of drug-likeness (QED) is 0.770. The van der Waals surface area contributed by atoms with E-state index in [1.807, 2.05) is 24.3 Å². The summed E-state index contributed by atoms with van der Waals surface area (Å²) >= 11 is 3.41. The molecule has 2 heteroatoms. The third-order valence-corrected chi connectivity index (χ3v) is 1.92. The fraction of sp³-hybridized carbons (Fsp3) is 0.200. The zero-order valence-electron chi connectivity index (χ0n) is 6.96. The van der Waals surface area contributed by atoms with E-state index in [-0.39, 0.29) is 0 Å². The highest BCUT2D eigenvalue weighted by Crippen LogP contribution is 2.12. The average Bonchev–Trinajstić information content (AvgIpc) is 2.05. The van der Waals surface area contributed by atoms with E-state index < -0.39 is 0 Å². The third-order valence-electron chi connectivity index (χ3n) is 1.42. The molecule has 0 radical (unpaired) electrons. The van der Waals surface area contributed by atoms with Crippen LogP contribution in [0.2, 0.25) is 0 Å². The van der Waals surface area contributed by atoms with Gasteiger partial charge in [-0.1, -0.05) is 40.2 Å². The molecule has 0 aliphatic heterocycles. The molecule has 0 unspecified atom stereocenters.